The van der Waals surface area contributed by atoms with Crippen molar-refractivity contribution in [2.24, 2.45) is 7.05 Å². The van der Waals surface area contributed by atoms with E-state index in [1.807, 2.05) is 43.7 Å². The monoisotopic (exact) mass is 390 g/mol. The first kappa shape index (κ1) is 18.6. The lowest BCUT2D eigenvalue weighted by molar-refractivity contribution is -0.123. The smallest absolute Gasteiger partial charge is 0.293 e. The minimum absolute atomic E-state index is 0.181. The van der Waals surface area contributed by atoms with E-state index in [2.05, 4.69) is 0 Å². The van der Waals surface area contributed by atoms with Crippen molar-refractivity contribution in [2.45, 2.75) is 13.8 Å². The topological polar surface area (TPSA) is 51.5 Å². The van der Waals surface area contributed by atoms with Crippen LogP contribution in [0.3, 0.4) is 0 Å². The summed E-state index contributed by atoms with van der Waals surface area (Å²) in [6.45, 7) is 4.36. The number of rotatable bonds is 5. The van der Waals surface area contributed by atoms with Crippen molar-refractivity contribution in [3.63, 3.8) is 0 Å². The number of hydrogen-bond donors (Lipinski definition) is 0. The van der Waals surface area contributed by atoms with Crippen molar-refractivity contribution >= 4 is 40.6 Å². The summed E-state index contributed by atoms with van der Waals surface area (Å²) in [5.41, 5.74) is 3.10. The number of aromatic nitrogens is 1. The highest BCUT2D eigenvalue weighted by molar-refractivity contribution is 8.18. The highest BCUT2D eigenvalue weighted by Gasteiger charge is 2.35. The molecule has 1 fully saturated rings. The summed E-state index contributed by atoms with van der Waals surface area (Å²) >= 11 is 6.99. The van der Waals surface area contributed by atoms with Gasteiger partial charge in [0.1, 0.15) is 12.4 Å². The van der Waals surface area contributed by atoms with Crippen molar-refractivity contribution in [3.05, 3.63) is 57.2 Å². The highest BCUT2D eigenvalue weighted by atomic mass is 35.5. The third-order valence-corrected chi connectivity index (χ3v) is 5.60. The zero-order valence-corrected chi connectivity index (χ0v) is 16.4. The predicted molar refractivity (Wildman–Crippen MR) is 105 cm³/mol. The van der Waals surface area contributed by atoms with Gasteiger partial charge in [0.15, 0.2) is 0 Å². The first-order chi connectivity index (χ1) is 12.4. The molecule has 1 aliphatic rings. The average Bonchev–Trinajstić information content (AvgIpc) is 3.01. The number of ether oxygens (including phenoxy) is 1. The molecule has 1 aromatic carbocycles. The second-order valence-electron chi connectivity index (χ2n) is 6.00. The summed E-state index contributed by atoms with van der Waals surface area (Å²) in [6, 6.07) is 9.10. The van der Waals surface area contributed by atoms with Crippen molar-refractivity contribution < 1.29 is 14.3 Å². The third kappa shape index (κ3) is 3.66. The van der Waals surface area contributed by atoms with Crippen LogP contribution in [-0.4, -0.2) is 33.8 Å². The SMILES string of the molecule is Cc1cc(/C=C2\SC(=O)N(CCOc3ccccc3Cl)C2=O)c(C)n1C. The molecule has 0 bridgehead atoms. The van der Waals surface area contributed by atoms with E-state index in [1.54, 1.807) is 18.2 Å². The molecule has 0 aliphatic carbocycles. The lowest BCUT2D eigenvalue weighted by atomic mass is 10.2. The molecule has 1 aliphatic heterocycles. The third-order valence-electron chi connectivity index (χ3n) is 4.38. The van der Waals surface area contributed by atoms with E-state index in [4.69, 9.17) is 16.3 Å². The van der Waals surface area contributed by atoms with Gasteiger partial charge in [-0.2, -0.15) is 0 Å². The summed E-state index contributed by atoms with van der Waals surface area (Å²) in [6.07, 6.45) is 1.78. The van der Waals surface area contributed by atoms with E-state index >= 15 is 0 Å². The molecule has 0 N–H and O–H groups in total. The zero-order chi connectivity index (χ0) is 18.8. The van der Waals surface area contributed by atoms with Gasteiger partial charge >= 0.3 is 0 Å². The van der Waals surface area contributed by atoms with Gasteiger partial charge in [0.25, 0.3) is 11.1 Å². The van der Waals surface area contributed by atoms with Gasteiger partial charge in [-0.05, 0) is 55.4 Å². The van der Waals surface area contributed by atoms with E-state index in [1.165, 1.54) is 4.90 Å². The summed E-state index contributed by atoms with van der Waals surface area (Å²) in [7, 11) is 1.97. The van der Waals surface area contributed by atoms with E-state index in [9.17, 15) is 9.59 Å². The summed E-state index contributed by atoms with van der Waals surface area (Å²) < 4.78 is 7.63. The maximum Gasteiger partial charge on any atom is 0.293 e. The Kier molecular flexibility index (Phi) is 5.44. The van der Waals surface area contributed by atoms with Gasteiger partial charge in [-0.25, -0.2) is 0 Å². The maximum absolute atomic E-state index is 12.6. The van der Waals surface area contributed by atoms with Crippen molar-refractivity contribution in [2.75, 3.05) is 13.2 Å². The average molecular weight is 391 g/mol. The largest absolute Gasteiger partial charge is 0.490 e. The van der Waals surface area contributed by atoms with E-state index in [-0.39, 0.29) is 24.3 Å². The molecular weight excluding hydrogens is 372 g/mol. The molecule has 136 valence electrons. The summed E-state index contributed by atoms with van der Waals surface area (Å²) in [4.78, 5) is 26.4. The van der Waals surface area contributed by atoms with Crippen molar-refractivity contribution in [3.8, 4) is 5.75 Å². The number of benzene rings is 1. The van der Waals surface area contributed by atoms with Crippen molar-refractivity contribution in [1.29, 1.82) is 0 Å². The zero-order valence-electron chi connectivity index (χ0n) is 14.8. The molecule has 7 heteroatoms. The van der Waals surface area contributed by atoms with Gasteiger partial charge in [0, 0.05) is 18.4 Å². The Balaban J connectivity index is 1.68. The second-order valence-corrected chi connectivity index (χ2v) is 7.40. The molecule has 2 heterocycles. The summed E-state index contributed by atoms with van der Waals surface area (Å²) in [5, 5.41) is 0.214. The number of hydrogen-bond acceptors (Lipinski definition) is 4. The molecule has 2 aromatic rings. The molecule has 3 rings (SSSR count). The van der Waals surface area contributed by atoms with E-state index < -0.39 is 0 Å². The summed E-state index contributed by atoms with van der Waals surface area (Å²) in [5.74, 6) is 0.246. The lowest BCUT2D eigenvalue weighted by Gasteiger charge is -2.13. The number of nitrogens with zero attached hydrogens (tertiary/aromatic N) is 2. The Bertz CT molecular complexity index is 904. The van der Waals surface area contributed by atoms with E-state index in [0.717, 1.165) is 28.7 Å². The van der Waals surface area contributed by atoms with Crippen LogP contribution >= 0.6 is 23.4 Å². The highest BCUT2D eigenvalue weighted by Crippen LogP contribution is 2.33. The quantitative estimate of drug-likeness (QED) is 0.709. The number of halogens is 1. The fourth-order valence-electron chi connectivity index (χ4n) is 2.67. The molecule has 5 nitrogen and oxygen atoms in total. The Hall–Kier alpha value is -2.18. The Labute approximate surface area is 161 Å². The molecule has 0 unspecified atom stereocenters. The van der Waals surface area contributed by atoms with Gasteiger partial charge in [-0.15, -0.1) is 0 Å². The lowest BCUT2D eigenvalue weighted by Crippen LogP contribution is -2.32. The van der Waals surface area contributed by atoms with Gasteiger partial charge in [0.2, 0.25) is 0 Å². The number of carbonyl (C=O) groups excluding carboxylic acids is 2. The van der Waals surface area contributed by atoms with Crippen LogP contribution in [0, 0.1) is 13.8 Å². The minimum Gasteiger partial charge on any atom is -0.490 e. The number of aryl methyl sites for hydroxylation is 1. The Morgan fingerprint density at radius 2 is 1.96 bits per heavy atom. The van der Waals surface area contributed by atoms with Gasteiger partial charge in [0.05, 0.1) is 16.5 Å². The molecular formula is C19H19ClN2O3S. The molecule has 0 atom stereocenters. The fourth-order valence-corrected chi connectivity index (χ4v) is 3.72. The molecule has 0 saturated carbocycles. The second kappa shape index (κ2) is 7.60. The Morgan fingerprint density at radius 1 is 1.23 bits per heavy atom. The van der Waals surface area contributed by atoms with Crippen LogP contribution in [0.1, 0.15) is 17.0 Å². The van der Waals surface area contributed by atoms with Gasteiger partial charge in [-0.3, -0.25) is 14.5 Å². The standard InChI is InChI=1S/C19H19ClN2O3S/c1-12-10-14(13(2)21(12)3)11-17-18(23)22(19(24)26-17)8-9-25-16-7-5-4-6-15(16)20/h4-7,10-11H,8-9H2,1-3H3/b17-11-. The van der Waals surface area contributed by atoms with Gasteiger partial charge < -0.3 is 9.30 Å². The number of imide groups is 1. The molecule has 26 heavy (non-hydrogen) atoms. The molecule has 0 spiro atoms. The number of amides is 2. The first-order valence-corrected chi connectivity index (χ1v) is 9.33. The van der Waals surface area contributed by atoms with Crippen LogP contribution in [-0.2, 0) is 11.8 Å². The molecule has 1 saturated heterocycles. The van der Waals surface area contributed by atoms with Crippen LogP contribution in [0.15, 0.2) is 35.2 Å². The van der Waals surface area contributed by atoms with Crippen LogP contribution in [0.5, 0.6) is 5.75 Å². The van der Waals surface area contributed by atoms with Crippen LogP contribution in [0.4, 0.5) is 4.79 Å². The molecule has 2 amide bonds. The molecule has 1 aromatic heterocycles. The predicted octanol–water partition coefficient (Wildman–Crippen LogP) is 4.41. The fraction of sp³-hybridized carbons (Fsp3) is 0.263. The number of carbonyl (C=O) groups is 2. The maximum atomic E-state index is 12.6. The minimum atomic E-state index is -0.288. The van der Waals surface area contributed by atoms with Crippen LogP contribution < -0.4 is 4.74 Å². The van der Waals surface area contributed by atoms with Gasteiger partial charge in [-0.1, -0.05) is 23.7 Å². The van der Waals surface area contributed by atoms with Crippen molar-refractivity contribution in [1.82, 2.24) is 9.47 Å². The van der Waals surface area contributed by atoms with E-state index in [0.29, 0.717) is 15.7 Å². The van der Waals surface area contributed by atoms with Crippen LogP contribution in [0.25, 0.3) is 6.08 Å². The number of thioether (sulfide) groups is 1. The first-order valence-electron chi connectivity index (χ1n) is 8.14. The van der Waals surface area contributed by atoms with Crippen LogP contribution in [0.2, 0.25) is 5.02 Å². The Morgan fingerprint density at radius 3 is 2.62 bits per heavy atom. The normalized spacial score (nSPS) is 16.0. The number of para-hydroxylation sites is 1. The molecule has 0 radical (unpaired) electrons.